The summed E-state index contributed by atoms with van der Waals surface area (Å²) in [6.45, 7) is 0.342. The van der Waals surface area contributed by atoms with Gasteiger partial charge in [0, 0.05) is 6.54 Å². The molecule has 1 aliphatic rings. The Morgan fingerprint density at radius 3 is 2.71 bits per heavy atom. The topological polar surface area (TPSA) is 64.6 Å². The van der Waals surface area contributed by atoms with E-state index in [-0.39, 0.29) is 5.91 Å². The van der Waals surface area contributed by atoms with E-state index in [4.69, 9.17) is 9.47 Å². The van der Waals surface area contributed by atoms with E-state index < -0.39 is 5.97 Å². The Morgan fingerprint density at radius 1 is 1.25 bits per heavy atom. The third-order valence-electron chi connectivity index (χ3n) is 4.04. The predicted molar refractivity (Wildman–Crippen MR) is 91.8 cm³/mol. The molecule has 1 aromatic carbocycles. The highest BCUT2D eigenvalue weighted by Gasteiger charge is 2.28. The molecule has 0 radical (unpaired) electrons. The van der Waals surface area contributed by atoms with Gasteiger partial charge in [-0.15, -0.1) is 11.3 Å². The van der Waals surface area contributed by atoms with Crippen LogP contribution in [0.2, 0.25) is 0 Å². The van der Waals surface area contributed by atoms with Crippen molar-refractivity contribution >= 4 is 23.2 Å². The molecule has 1 amide bonds. The summed E-state index contributed by atoms with van der Waals surface area (Å²) in [5.74, 6) is 0.465. The summed E-state index contributed by atoms with van der Waals surface area (Å²) in [5, 5.41) is 4.89. The first-order valence-electron chi connectivity index (χ1n) is 7.75. The molecule has 1 saturated carbocycles. The first-order chi connectivity index (χ1) is 11.6. The average molecular weight is 345 g/mol. The maximum absolute atomic E-state index is 12.4. The molecule has 3 rings (SSSR count). The van der Waals surface area contributed by atoms with Gasteiger partial charge in [-0.3, -0.25) is 4.79 Å². The van der Waals surface area contributed by atoms with Crippen molar-refractivity contribution in [2.24, 2.45) is 0 Å². The van der Waals surface area contributed by atoms with E-state index in [1.54, 1.807) is 12.1 Å². The Labute approximate surface area is 144 Å². The van der Waals surface area contributed by atoms with Crippen LogP contribution in [-0.4, -0.2) is 26.1 Å². The lowest BCUT2D eigenvalue weighted by atomic mass is 10.1. The molecule has 1 aliphatic carbocycles. The third-order valence-corrected chi connectivity index (χ3v) is 4.97. The van der Waals surface area contributed by atoms with Crippen LogP contribution in [0.5, 0.6) is 5.75 Å². The monoisotopic (exact) mass is 345 g/mol. The Bertz CT molecular complexity index is 764. The lowest BCUT2D eigenvalue weighted by Crippen LogP contribution is -2.23. The number of nitrogens with one attached hydrogen (secondary N) is 1. The summed E-state index contributed by atoms with van der Waals surface area (Å²) < 4.78 is 9.93. The fourth-order valence-electron chi connectivity index (χ4n) is 2.62. The zero-order valence-electron chi connectivity index (χ0n) is 13.6. The van der Waals surface area contributed by atoms with Gasteiger partial charge in [-0.25, -0.2) is 4.79 Å². The van der Waals surface area contributed by atoms with Crippen LogP contribution in [0.1, 0.15) is 49.9 Å². The van der Waals surface area contributed by atoms with Crippen LogP contribution < -0.4 is 10.1 Å². The highest BCUT2D eigenvalue weighted by molar-refractivity contribution is 7.12. The van der Waals surface area contributed by atoms with Crippen LogP contribution in [-0.2, 0) is 11.3 Å². The zero-order valence-corrected chi connectivity index (χ0v) is 14.4. The largest absolute Gasteiger partial charge is 0.496 e. The number of hydrogen-bond donors (Lipinski definition) is 1. The summed E-state index contributed by atoms with van der Waals surface area (Å²) in [6.07, 6.45) is 2.33. The number of hydrogen-bond acceptors (Lipinski definition) is 5. The molecule has 0 saturated heterocycles. The van der Waals surface area contributed by atoms with Gasteiger partial charge in [0.25, 0.3) is 5.91 Å². The predicted octanol–water partition coefficient (Wildman–Crippen LogP) is 3.35. The number of methoxy groups -OCH3 is 2. The van der Waals surface area contributed by atoms with E-state index >= 15 is 0 Å². The molecule has 0 unspecified atom stereocenters. The van der Waals surface area contributed by atoms with E-state index in [0.717, 1.165) is 28.8 Å². The van der Waals surface area contributed by atoms with Crippen molar-refractivity contribution in [1.82, 2.24) is 5.32 Å². The fraction of sp³-hybridized carbons (Fsp3) is 0.333. The molecular formula is C18H19NO4S. The number of thiophene rings is 1. The molecule has 0 spiro atoms. The van der Waals surface area contributed by atoms with Gasteiger partial charge in [0.1, 0.15) is 11.3 Å². The van der Waals surface area contributed by atoms with Crippen molar-refractivity contribution < 1.29 is 19.1 Å². The quantitative estimate of drug-likeness (QED) is 0.816. The van der Waals surface area contributed by atoms with E-state index in [1.807, 2.05) is 17.5 Å². The van der Waals surface area contributed by atoms with Crippen LogP contribution in [0.4, 0.5) is 0 Å². The number of carbonyl (C=O) groups excluding carboxylic acids is 2. The highest BCUT2D eigenvalue weighted by Crippen LogP contribution is 2.43. The van der Waals surface area contributed by atoms with Gasteiger partial charge >= 0.3 is 5.97 Å². The maximum Gasteiger partial charge on any atom is 0.341 e. The minimum atomic E-state index is -0.464. The lowest BCUT2D eigenvalue weighted by molar-refractivity contribution is 0.0597. The first kappa shape index (κ1) is 16.5. The van der Waals surface area contributed by atoms with Crippen LogP contribution in [0.25, 0.3) is 0 Å². The maximum atomic E-state index is 12.4. The molecule has 1 heterocycles. The molecule has 0 aliphatic heterocycles. The molecule has 1 N–H and O–H groups in total. The van der Waals surface area contributed by atoms with E-state index in [1.165, 1.54) is 25.6 Å². The number of carbonyl (C=O) groups is 2. The number of amides is 1. The van der Waals surface area contributed by atoms with Crippen LogP contribution in [0.15, 0.2) is 29.6 Å². The van der Waals surface area contributed by atoms with E-state index in [2.05, 4.69) is 5.32 Å². The SMILES string of the molecule is COC(=O)c1cc(CNC(=O)c2sccc2C2CC2)ccc1OC. The van der Waals surface area contributed by atoms with Gasteiger partial charge in [-0.05, 0) is 53.5 Å². The smallest absolute Gasteiger partial charge is 0.341 e. The second-order valence-corrected chi connectivity index (χ2v) is 6.60. The van der Waals surface area contributed by atoms with E-state index in [0.29, 0.717) is 23.8 Å². The first-order valence-corrected chi connectivity index (χ1v) is 8.62. The van der Waals surface area contributed by atoms with Gasteiger partial charge in [-0.1, -0.05) is 6.07 Å². The molecule has 1 aromatic heterocycles. The number of benzene rings is 1. The Morgan fingerprint density at radius 2 is 2.04 bits per heavy atom. The molecule has 24 heavy (non-hydrogen) atoms. The summed E-state index contributed by atoms with van der Waals surface area (Å²) in [6, 6.07) is 7.25. The molecule has 6 heteroatoms. The molecule has 0 atom stereocenters. The van der Waals surface area contributed by atoms with Crippen LogP contribution in [0.3, 0.4) is 0 Å². The average Bonchev–Trinajstić information content (AvgIpc) is 3.35. The number of rotatable bonds is 6. The Kier molecular flexibility index (Phi) is 4.85. The second kappa shape index (κ2) is 7.05. The zero-order chi connectivity index (χ0) is 17.1. The van der Waals surface area contributed by atoms with Gasteiger partial charge in [0.05, 0.1) is 19.1 Å². The van der Waals surface area contributed by atoms with Gasteiger partial charge in [0.2, 0.25) is 0 Å². The molecule has 0 bridgehead atoms. The Hall–Kier alpha value is -2.34. The Balaban J connectivity index is 1.71. The van der Waals surface area contributed by atoms with Crippen molar-refractivity contribution in [3.63, 3.8) is 0 Å². The number of esters is 1. The van der Waals surface area contributed by atoms with Crippen molar-refractivity contribution in [2.75, 3.05) is 14.2 Å². The van der Waals surface area contributed by atoms with Crippen LogP contribution >= 0.6 is 11.3 Å². The van der Waals surface area contributed by atoms with Gasteiger partial charge < -0.3 is 14.8 Å². The fourth-order valence-corrected chi connectivity index (χ4v) is 3.52. The molecule has 5 nitrogen and oxygen atoms in total. The lowest BCUT2D eigenvalue weighted by Gasteiger charge is -2.10. The molecular weight excluding hydrogens is 326 g/mol. The summed E-state index contributed by atoms with van der Waals surface area (Å²) in [5.41, 5.74) is 2.32. The number of ether oxygens (including phenoxy) is 2. The normalized spacial score (nSPS) is 13.4. The summed E-state index contributed by atoms with van der Waals surface area (Å²) >= 11 is 1.47. The van der Waals surface area contributed by atoms with Gasteiger partial charge in [0.15, 0.2) is 0 Å². The molecule has 1 fully saturated rings. The van der Waals surface area contributed by atoms with E-state index in [9.17, 15) is 9.59 Å². The standard InChI is InChI=1S/C18H19NO4S/c1-22-15-6-3-11(9-14(15)18(21)23-2)10-19-17(20)16-13(7-8-24-16)12-4-5-12/h3,6-9,12H,4-5,10H2,1-2H3,(H,19,20). The summed E-state index contributed by atoms with van der Waals surface area (Å²) in [4.78, 5) is 25.0. The van der Waals surface area contributed by atoms with Gasteiger partial charge in [-0.2, -0.15) is 0 Å². The molecule has 126 valence electrons. The van der Waals surface area contributed by atoms with Crippen LogP contribution in [0, 0.1) is 0 Å². The second-order valence-electron chi connectivity index (χ2n) is 5.69. The minimum absolute atomic E-state index is 0.0673. The van der Waals surface area contributed by atoms with Crippen molar-refractivity contribution in [2.45, 2.75) is 25.3 Å². The highest BCUT2D eigenvalue weighted by atomic mass is 32.1. The van der Waals surface area contributed by atoms with Crippen molar-refractivity contribution in [1.29, 1.82) is 0 Å². The van der Waals surface area contributed by atoms with Crippen molar-refractivity contribution in [3.8, 4) is 5.75 Å². The third kappa shape index (κ3) is 3.43. The summed E-state index contributed by atoms with van der Waals surface area (Å²) in [7, 11) is 2.83. The molecule has 2 aromatic rings. The minimum Gasteiger partial charge on any atom is -0.496 e. The van der Waals surface area contributed by atoms with Crippen molar-refractivity contribution in [3.05, 3.63) is 51.2 Å².